The Bertz CT molecular complexity index is 410. The lowest BCUT2D eigenvalue weighted by Gasteiger charge is -2.33. The Morgan fingerprint density at radius 3 is 3.00 bits per heavy atom. The van der Waals surface area contributed by atoms with Gasteiger partial charge in [-0.1, -0.05) is 41.9 Å². The topological polar surface area (TPSA) is 43.2 Å². The molecule has 0 aliphatic carbocycles. The molecule has 1 fully saturated rings. The second-order valence-electron chi connectivity index (χ2n) is 5.89. The maximum absolute atomic E-state index is 5.85. The summed E-state index contributed by atoms with van der Waals surface area (Å²) >= 11 is 3.60. The van der Waals surface area contributed by atoms with Gasteiger partial charge in [-0.25, -0.2) is 4.68 Å². The van der Waals surface area contributed by atoms with E-state index in [-0.39, 0.29) is 6.10 Å². The zero-order valence-electron chi connectivity index (χ0n) is 12.6. The fourth-order valence-corrected chi connectivity index (χ4v) is 2.75. The highest BCUT2D eigenvalue weighted by Crippen LogP contribution is 2.23. The van der Waals surface area contributed by atoms with Gasteiger partial charge in [-0.05, 0) is 12.3 Å². The van der Waals surface area contributed by atoms with Crippen molar-refractivity contribution in [3.63, 3.8) is 0 Å². The maximum Gasteiger partial charge on any atom is 0.0963 e. The average Bonchev–Trinajstić information content (AvgIpc) is 2.86. The second-order valence-corrected chi connectivity index (χ2v) is 6.99. The van der Waals surface area contributed by atoms with Crippen LogP contribution in [0.4, 0.5) is 0 Å². The molecule has 1 aliphatic rings. The molecule has 0 radical (unpaired) electrons. The highest BCUT2D eigenvalue weighted by atomic mass is 79.9. The molecule has 2 rings (SSSR count). The summed E-state index contributed by atoms with van der Waals surface area (Å²) in [4.78, 5) is 2.77. The first-order valence-electron chi connectivity index (χ1n) is 7.46. The molecule has 114 valence electrons. The van der Waals surface area contributed by atoms with Crippen LogP contribution in [-0.2, 0) is 11.3 Å². The molecule has 0 amide bonds. The summed E-state index contributed by atoms with van der Waals surface area (Å²) in [7, 11) is 0. The molecule has 0 aromatic carbocycles. The number of hydrogen-bond acceptors (Lipinski definition) is 4. The highest BCUT2D eigenvalue weighted by Gasteiger charge is 2.22. The molecule has 1 aliphatic heterocycles. The summed E-state index contributed by atoms with van der Waals surface area (Å²) < 4.78 is 7.75. The number of hydrogen-bond donors (Lipinski definition) is 0. The van der Waals surface area contributed by atoms with Crippen molar-refractivity contribution in [3.8, 4) is 0 Å². The predicted octanol–water partition coefficient (Wildman–Crippen LogP) is 2.48. The zero-order valence-corrected chi connectivity index (χ0v) is 14.2. The van der Waals surface area contributed by atoms with Crippen LogP contribution < -0.4 is 0 Å². The molecule has 1 saturated heterocycles. The van der Waals surface area contributed by atoms with E-state index in [1.165, 1.54) is 0 Å². The SMILES string of the molecule is CCC(Br)c1cn(CC2CN(CC(C)C)CCO2)nn1. The van der Waals surface area contributed by atoms with Crippen LogP contribution in [0.2, 0.25) is 0 Å². The summed E-state index contributed by atoms with van der Waals surface area (Å²) in [5, 5.41) is 8.42. The number of rotatable bonds is 6. The summed E-state index contributed by atoms with van der Waals surface area (Å²) in [6.07, 6.45) is 3.25. The first-order valence-corrected chi connectivity index (χ1v) is 8.38. The molecule has 6 heteroatoms. The summed E-state index contributed by atoms with van der Waals surface area (Å²) in [5.74, 6) is 0.699. The van der Waals surface area contributed by atoms with E-state index >= 15 is 0 Å². The molecule has 1 aromatic rings. The van der Waals surface area contributed by atoms with Gasteiger partial charge in [-0.3, -0.25) is 4.90 Å². The van der Waals surface area contributed by atoms with Crippen LogP contribution in [0.5, 0.6) is 0 Å². The van der Waals surface area contributed by atoms with Crippen LogP contribution >= 0.6 is 15.9 Å². The van der Waals surface area contributed by atoms with Crippen LogP contribution in [0, 0.1) is 5.92 Å². The third-order valence-electron chi connectivity index (χ3n) is 3.47. The molecule has 2 atom stereocenters. The minimum Gasteiger partial charge on any atom is -0.374 e. The molecule has 2 heterocycles. The monoisotopic (exact) mass is 344 g/mol. The molecule has 0 N–H and O–H groups in total. The van der Waals surface area contributed by atoms with E-state index in [9.17, 15) is 0 Å². The fourth-order valence-electron chi connectivity index (χ4n) is 2.54. The third kappa shape index (κ3) is 4.53. The highest BCUT2D eigenvalue weighted by molar-refractivity contribution is 9.09. The van der Waals surface area contributed by atoms with Crippen molar-refractivity contribution >= 4 is 15.9 Å². The van der Waals surface area contributed by atoms with E-state index in [0.29, 0.717) is 10.7 Å². The molecule has 2 unspecified atom stereocenters. The van der Waals surface area contributed by atoms with E-state index in [2.05, 4.69) is 51.9 Å². The lowest BCUT2D eigenvalue weighted by molar-refractivity contribution is -0.0406. The van der Waals surface area contributed by atoms with Gasteiger partial charge in [0.2, 0.25) is 0 Å². The number of nitrogens with zero attached hydrogens (tertiary/aromatic N) is 4. The normalized spacial score (nSPS) is 22.4. The van der Waals surface area contributed by atoms with Gasteiger partial charge in [0.15, 0.2) is 0 Å². The first kappa shape index (κ1) is 15.9. The number of morpholine rings is 1. The Morgan fingerprint density at radius 1 is 1.50 bits per heavy atom. The Labute approximate surface area is 129 Å². The van der Waals surface area contributed by atoms with E-state index < -0.39 is 0 Å². The summed E-state index contributed by atoms with van der Waals surface area (Å²) in [6.45, 7) is 11.4. The van der Waals surface area contributed by atoms with Gasteiger partial charge >= 0.3 is 0 Å². The van der Waals surface area contributed by atoms with Crippen LogP contribution in [-0.4, -0.2) is 52.2 Å². The Hall–Kier alpha value is -0.460. The van der Waals surface area contributed by atoms with Crippen molar-refractivity contribution in [1.29, 1.82) is 0 Å². The molecule has 20 heavy (non-hydrogen) atoms. The molecule has 0 bridgehead atoms. The number of halogens is 1. The van der Waals surface area contributed by atoms with Gasteiger partial charge in [0.25, 0.3) is 0 Å². The second kappa shape index (κ2) is 7.52. The molecule has 0 spiro atoms. The van der Waals surface area contributed by atoms with Crippen molar-refractivity contribution in [1.82, 2.24) is 19.9 Å². The molecule has 1 aromatic heterocycles. The molecular weight excluding hydrogens is 320 g/mol. The van der Waals surface area contributed by atoms with E-state index in [0.717, 1.165) is 44.9 Å². The lowest BCUT2D eigenvalue weighted by atomic mass is 10.2. The standard InChI is InChI=1S/C14H25BrN4O/c1-4-13(15)14-10-19(17-16-14)9-12-8-18(5-6-20-12)7-11(2)3/h10-13H,4-9H2,1-3H3. The first-order chi connectivity index (χ1) is 9.58. The number of aromatic nitrogens is 3. The van der Waals surface area contributed by atoms with E-state index in [1.54, 1.807) is 0 Å². The Balaban J connectivity index is 1.87. The third-order valence-corrected chi connectivity index (χ3v) is 4.59. The van der Waals surface area contributed by atoms with Gasteiger partial charge in [0, 0.05) is 25.8 Å². The van der Waals surface area contributed by atoms with Gasteiger partial charge in [-0.15, -0.1) is 5.10 Å². The van der Waals surface area contributed by atoms with Crippen molar-refractivity contribution in [2.45, 2.75) is 44.7 Å². The lowest BCUT2D eigenvalue weighted by Crippen LogP contribution is -2.45. The molecule has 5 nitrogen and oxygen atoms in total. The minimum atomic E-state index is 0.215. The van der Waals surface area contributed by atoms with Crippen LogP contribution in [0.3, 0.4) is 0 Å². The van der Waals surface area contributed by atoms with E-state index in [1.807, 2.05) is 10.9 Å². The van der Waals surface area contributed by atoms with Crippen molar-refractivity contribution in [2.24, 2.45) is 5.92 Å². The largest absolute Gasteiger partial charge is 0.374 e. The average molecular weight is 345 g/mol. The smallest absolute Gasteiger partial charge is 0.0963 e. The van der Waals surface area contributed by atoms with Crippen molar-refractivity contribution in [2.75, 3.05) is 26.2 Å². The predicted molar refractivity (Wildman–Crippen MR) is 83.0 cm³/mol. The molecular formula is C14H25BrN4O. The minimum absolute atomic E-state index is 0.215. The number of alkyl halides is 1. The van der Waals surface area contributed by atoms with E-state index in [4.69, 9.17) is 4.74 Å². The fraction of sp³-hybridized carbons (Fsp3) is 0.857. The Kier molecular flexibility index (Phi) is 5.99. The summed E-state index contributed by atoms with van der Waals surface area (Å²) in [6, 6.07) is 0. The molecule has 0 saturated carbocycles. The quantitative estimate of drug-likeness (QED) is 0.743. The van der Waals surface area contributed by atoms with Gasteiger partial charge < -0.3 is 4.74 Å². The van der Waals surface area contributed by atoms with Crippen LogP contribution in [0.15, 0.2) is 6.20 Å². The Morgan fingerprint density at radius 2 is 2.30 bits per heavy atom. The maximum atomic E-state index is 5.85. The van der Waals surface area contributed by atoms with Gasteiger partial charge in [0.1, 0.15) is 0 Å². The summed E-state index contributed by atoms with van der Waals surface area (Å²) in [5.41, 5.74) is 1.00. The van der Waals surface area contributed by atoms with Gasteiger partial charge in [0.05, 0.1) is 29.8 Å². The van der Waals surface area contributed by atoms with Crippen molar-refractivity contribution < 1.29 is 4.74 Å². The number of ether oxygens (including phenoxy) is 1. The zero-order chi connectivity index (χ0) is 14.5. The van der Waals surface area contributed by atoms with Crippen LogP contribution in [0.25, 0.3) is 0 Å². The van der Waals surface area contributed by atoms with Crippen molar-refractivity contribution in [3.05, 3.63) is 11.9 Å². The van der Waals surface area contributed by atoms with Gasteiger partial charge in [-0.2, -0.15) is 0 Å². The van der Waals surface area contributed by atoms with Crippen LogP contribution in [0.1, 0.15) is 37.7 Å².